The Kier molecular flexibility index (Phi) is 7.84. The molecule has 24 heavy (non-hydrogen) atoms. The molecule has 0 atom stereocenters. The van der Waals surface area contributed by atoms with E-state index in [1.807, 2.05) is 30.1 Å². The van der Waals surface area contributed by atoms with Crippen LogP contribution in [0.2, 0.25) is 0 Å². The number of benzene rings is 1. The van der Waals surface area contributed by atoms with Crippen LogP contribution in [0.15, 0.2) is 23.2 Å². The van der Waals surface area contributed by atoms with Crippen molar-refractivity contribution in [2.45, 2.75) is 13.0 Å². The zero-order chi connectivity index (χ0) is 18.2. The van der Waals surface area contributed by atoms with Gasteiger partial charge in [-0.15, -0.1) is 0 Å². The smallest absolute Gasteiger partial charge is 0.193 e. The minimum Gasteiger partial charge on any atom is -0.497 e. The van der Waals surface area contributed by atoms with Crippen molar-refractivity contribution in [2.24, 2.45) is 4.99 Å². The van der Waals surface area contributed by atoms with E-state index in [1.54, 1.807) is 21.3 Å². The number of aliphatic imine (C=N–C) groups is 1. The van der Waals surface area contributed by atoms with E-state index in [0.717, 1.165) is 17.1 Å². The summed E-state index contributed by atoms with van der Waals surface area (Å²) < 4.78 is 32.9. The lowest BCUT2D eigenvalue weighted by Crippen LogP contribution is -2.39. The number of hydrogen-bond donors (Lipinski definition) is 1. The minimum atomic E-state index is -2.94. The van der Waals surface area contributed by atoms with Gasteiger partial charge in [-0.3, -0.25) is 4.99 Å². The fraction of sp³-hybridized carbons (Fsp3) is 0.562. The second kappa shape index (κ2) is 9.36. The van der Waals surface area contributed by atoms with Crippen molar-refractivity contribution in [3.05, 3.63) is 23.8 Å². The van der Waals surface area contributed by atoms with Crippen LogP contribution in [0.3, 0.4) is 0 Å². The summed E-state index contributed by atoms with van der Waals surface area (Å²) in [7, 11) is 3.91. The van der Waals surface area contributed by atoms with E-state index in [0.29, 0.717) is 25.5 Å². The maximum Gasteiger partial charge on any atom is 0.193 e. The third kappa shape index (κ3) is 6.66. The summed E-state index contributed by atoms with van der Waals surface area (Å²) in [5.74, 6) is 2.34. The van der Waals surface area contributed by atoms with Crippen molar-refractivity contribution < 1.29 is 17.9 Å². The molecule has 1 rings (SSSR count). The van der Waals surface area contributed by atoms with Crippen molar-refractivity contribution in [3.8, 4) is 11.5 Å². The fourth-order valence-corrected chi connectivity index (χ4v) is 2.90. The Morgan fingerprint density at radius 1 is 1.29 bits per heavy atom. The predicted octanol–water partition coefficient (Wildman–Crippen LogP) is 1.15. The molecule has 0 aliphatic rings. The first-order valence-electron chi connectivity index (χ1n) is 7.61. The molecule has 0 aliphatic carbocycles. The molecule has 8 heteroatoms. The molecule has 1 aromatic carbocycles. The first-order valence-corrected chi connectivity index (χ1v) is 9.67. The van der Waals surface area contributed by atoms with E-state index in [1.165, 1.54) is 6.26 Å². The molecular weight excluding hydrogens is 330 g/mol. The summed E-state index contributed by atoms with van der Waals surface area (Å²) in [6.07, 6.45) is 1.78. The fourth-order valence-electron chi connectivity index (χ4n) is 2.23. The average molecular weight is 357 g/mol. The molecule has 1 aromatic rings. The lowest BCUT2D eigenvalue weighted by Gasteiger charge is -2.23. The second-order valence-corrected chi connectivity index (χ2v) is 7.75. The SMILES string of the molecule is CN=C(NCCCS(C)(=O)=O)N(C)Cc1ccc(OC)cc1OC. The van der Waals surface area contributed by atoms with Crippen LogP contribution in [0.1, 0.15) is 12.0 Å². The summed E-state index contributed by atoms with van der Waals surface area (Å²) >= 11 is 0. The molecule has 7 nitrogen and oxygen atoms in total. The lowest BCUT2D eigenvalue weighted by atomic mass is 10.2. The van der Waals surface area contributed by atoms with E-state index in [2.05, 4.69) is 10.3 Å². The normalized spacial score (nSPS) is 12.0. The molecule has 0 fully saturated rings. The number of sulfone groups is 1. The third-order valence-electron chi connectivity index (χ3n) is 3.45. The maximum atomic E-state index is 11.2. The first kappa shape index (κ1) is 20.1. The highest BCUT2D eigenvalue weighted by atomic mass is 32.2. The van der Waals surface area contributed by atoms with Gasteiger partial charge in [-0.1, -0.05) is 0 Å². The Hall–Kier alpha value is -1.96. The van der Waals surface area contributed by atoms with Crippen LogP contribution in [0.25, 0.3) is 0 Å². The molecule has 0 bridgehead atoms. The van der Waals surface area contributed by atoms with Gasteiger partial charge in [0.05, 0.1) is 20.0 Å². The molecule has 0 saturated heterocycles. The Bertz CT molecular complexity index is 659. The molecule has 0 saturated carbocycles. The molecule has 0 amide bonds. The van der Waals surface area contributed by atoms with Gasteiger partial charge in [0, 0.05) is 45.1 Å². The largest absolute Gasteiger partial charge is 0.497 e. The van der Waals surface area contributed by atoms with Crippen molar-refractivity contribution in [1.82, 2.24) is 10.2 Å². The van der Waals surface area contributed by atoms with Crippen LogP contribution in [-0.4, -0.2) is 66.1 Å². The highest BCUT2D eigenvalue weighted by Gasteiger charge is 2.11. The molecular formula is C16H27N3O4S. The minimum absolute atomic E-state index is 0.160. The number of rotatable bonds is 8. The maximum absolute atomic E-state index is 11.2. The highest BCUT2D eigenvalue weighted by Crippen LogP contribution is 2.25. The molecule has 136 valence electrons. The molecule has 0 aliphatic heterocycles. The molecule has 0 unspecified atom stereocenters. The van der Waals surface area contributed by atoms with Crippen LogP contribution < -0.4 is 14.8 Å². The molecule has 0 spiro atoms. The van der Waals surface area contributed by atoms with Crippen LogP contribution >= 0.6 is 0 Å². The predicted molar refractivity (Wildman–Crippen MR) is 96.7 cm³/mol. The van der Waals surface area contributed by atoms with Crippen LogP contribution in [0, 0.1) is 0 Å². The number of methoxy groups -OCH3 is 2. The zero-order valence-electron chi connectivity index (χ0n) is 15.0. The van der Waals surface area contributed by atoms with Crippen molar-refractivity contribution in [2.75, 3.05) is 46.9 Å². The van der Waals surface area contributed by atoms with Crippen LogP contribution in [-0.2, 0) is 16.4 Å². The van der Waals surface area contributed by atoms with Gasteiger partial charge in [-0.2, -0.15) is 0 Å². The monoisotopic (exact) mass is 357 g/mol. The molecule has 0 aromatic heterocycles. The van der Waals surface area contributed by atoms with Crippen LogP contribution in [0.5, 0.6) is 11.5 Å². The molecule has 0 radical (unpaired) electrons. The Labute approximate surface area is 144 Å². The summed E-state index contributed by atoms with van der Waals surface area (Å²) in [6.45, 7) is 1.14. The van der Waals surface area contributed by atoms with Crippen LogP contribution in [0.4, 0.5) is 0 Å². The number of guanidine groups is 1. The van der Waals surface area contributed by atoms with Gasteiger partial charge >= 0.3 is 0 Å². The first-order chi connectivity index (χ1) is 11.3. The number of hydrogen-bond acceptors (Lipinski definition) is 5. The van der Waals surface area contributed by atoms with E-state index >= 15 is 0 Å². The van der Waals surface area contributed by atoms with Gasteiger partial charge in [0.15, 0.2) is 5.96 Å². The highest BCUT2D eigenvalue weighted by molar-refractivity contribution is 7.90. The Morgan fingerprint density at radius 3 is 2.54 bits per heavy atom. The van der Waals surface area contributed by atoms with Gasteiger partial charge < -0.3 is 19.7 Å². The average Bonchev–Trinajstić information content (AvgIpc) is 2.54. The second-order valence-electron chi connectivity index (χ2n) is 5.49. The number of nitrogens with zero attached hydrogens (tertiary/aromatic N) is 2. The topological polar surface area (TPSA) is 80.2 Å². The molecule has 1 N–H and O–H groups in total. The number of nitrogens with one attached hydrogen (secondary N) is 1. The van der Waals surface area contributed by atoms with Crippen molar-refractivity contribution in [1.29, 1.82) is 0 Å². The van der Waals surface area contributed by atoms with E-state index in [9.17, 15) is 8.42 Å². The summed E-state index contributed by atoms with van der Waals surface area (Å²) in [5, 5.41) is 3.17. The van der Waals surface area contributed by atoms with E-state index < -0.39 is 9.84 Å². The quantitative estimate of drug-likeness (QED) is 0.427. The number of ether oxygens (including phenoxy) is 2. The van der Waals surface area contributed by atoms with Gasteiger partial charge in [0.2, 0.25) is 0 Å². The van der Waals surface area contributed by atoms with Crippen molar-refractivity contribution in [3.63, 3.8) is 0 Å². The summed E-state index contributed by atoms with van der Waals surface area (Å²) in [6, 6.07) is 5.67. The Balaban J connectivity index is 2.66. The van der Waals surface area contributed by atoms with E-state index in [-0.39, 0.29) is 5.75 Å². The van der Waals surface area contributed by atoms with Crippen molar-refractivity contribution >= 4 is 15.8 Å². The zero-order valence-corrected chi connectivity index (χ0v) is 15.8. The Morgan fingerprint density at radius 2 is 2.00 bits per heavy atom. The van der Waals surface area contributed by atoms with E-state index in [4.69, 9.17) is 9.47 Å². The third-order valence-corrected chi connectivity index (χ3v) is 4.48. The molecule has 0 heterocycles. The summed E-state index contributed by atoms with van der Waals surface area (Å²) in [5.41, 5.74) is 1.000. The lowest BCUT2D eigenvalue weighted by molar-refractivity contribution is 0.382. The standard InChI is InChI=1S/C16H27N3O4S/c1-17-16(18-9-6-10-24(5,20)21)19(2)12-13-7-8-14(22-3)11-15(13)23-4/h7-8,11H,6,9-10,12H2,1-5H3,(H,17,18). The van der Waals surface area contributed by atoms with Gasteiger partial charge in [-0.25, -0.2) is 8.42 Å². The van der Waals surface area contributed by atoms with Gasteiger partial charge in [-0.05, 0) is 18.6 Å². The van der Waals surface area contributed by atoms with Gasteiger partial charge in [0.25, 0.3) is 0 Å². The van der Waals surface area contributed by atoms with Gasteiger partial charge in [0.1, 0.15) is 21.3 Å². The summed E-state index contributed by atoms with van der Waals surface area (Å²) in [4.78, 5) is 6.17.